The van der Waals surface area contributed by atoms with E-state index in [0.29, 0.717) is 60.7 Å². The van der Waals surface area contributed by atoms with E-state index < -0.39 is 10.0 Å². The number of amides is 1. The van der Waals surface area contributed by atoms with Crippen LogP contribution in [0.2, 0.25) is 0 Å². The molecule has 1 saturated heterocycles. The average Bonchev–Trinajstić information content (AvgIpc) is 3.51. The molecule has 0 aliphatic carbocycles. The first-order valence-electron chi connectivity index (χ1n) is 13.6. The van der Waals surface area contributed by atoms with E-state index in [0.717, 1.165) is 28.9 Å². The van der Waals surface area contributed by atoms with Crippen LogP contribution in [0.5, 0.6) is 5.75 Å². The van der Waals surface area contributed by atoms with E-state index in [1.165, 1.54) is 23.5 Å². The first-order valence-corrected chi connectivity index (χ1v) is 15.9. The van der Waals surface area contributed by atoms with Crippen LogP contribution in [0.15, 0.2) is 53.4 Å². The number of anilines is 1. The molecule has 11 heteroatoms. The minimum Gasteiger partial charge on any atom is -0.492 e. The van der Waals surface area contributed by atoms with Gasteiger partial charge >= 0.3 is 0 Å². The summed E-state index contributed by atoms with van der Waals surface area (Å²) in [6, 6.07) is 14.0. The van der Waals surface area contributed by atoms with Gasteiger partial charge < -0.3 is 4.74 Å². The molecule has 0 bridgehead atoms. The number of ether oxygens (including phenoxy) is 1. The SMILES string of the molecule is CCOc1cccc2sc(N(CCn3nc(C)cc3C)C(=O)c3ccc(S(=O)(=O)N4CCCC(C)C4)cc3)nc12. The summed E-state index contributed by atoms with van der Waals surface area (Å²) >= 11 is 1.42. The molecule has 1 aliphatic rings. The molecule has 2 aromatic heterocycles. The number of benzene rings is 2. The number of rotatable bonds is 9. The largest absolute Gasteiger partial charge is 0.492 e. The average molecular weight is 582 g/mol. The molecule has 0 N–H and O–H groups in total. The van der Waals surface area contributed by atoms with Crippen LogP contribution in [-0.2, 0) is 16.6 Å². The van der Waals surface area contributed by atoms with Gasteiger partial charge in [-0.2, -0.15) is 9.40 Å². The summed E-state index contributed by atoms with van der Waals surface area (Å²) in [4.78, 5) is 20.6. The van der Waals surface area contributed by atoms with Gasteiger partial charge in [-0.15, -0.1) is 0 Å². The van der Waals surface area contributed by atoms with Crippen molar-refractivity contribution in [1.29, 1.82) is 0 Å². The van der Waals surface area contributed by atoms with Crippen LogP contribution in [0.25, 0.3) is 10.2 Å². The number of sulfonamides is 1. The second kappa shape index (κ2) is 11.7. The lowest BCUT2D eigenvalue weighted by Crippen LogP contribution is -2.39. The molecule has 40 heavy (non-hydrogen) atoms. The summed E-state index contributed by atoms with van der Waals surface area (Å²) in [5, 5.41) is 5.10. The molecule has 3 heterocycles. The maximum atomic E-state index is 13.9. The molecule has 5 rings (SSSR count). The zero-order valence-electron chi connectivity index (χ0n) is 23.3. The van der Waals surface area contributed by atoms with E-state index >= 15 is 0 Å². The lowest BCUT2D eigenvalue weighted by atomic mass is 10.0. The molecule has 9 nitrogen and oxygen atoms in total. The number of nitrogens with zero attached hydrogens (tertiary/aromatic N) is 5. The summed E-state index contributed by atoms with van der Waals surface area (Å²) < 4.78 is 36.6. The number of piperidine rings is 1. The first kappa shape index (κ1) is 28.3. The molecule has 4 aromatic rings. The van der Waals surface area contributed by atoms with Gasteiger partial charge in [-0.3, -0.25) is 14.4 Å². The highest BCUT2D eigenvalue weighted by atomic mass is 32.2. The van der Waals surface area contributed by atoms with E-state index in [1.807, 2.05) is 49.7 Å². The molecule has 0 spiro atoms. The summed E-state index contributed by atoms with van der Waals surface area (Å²) in [5.74, 6) is 0.751. The van der Waals surface area contributed by atoms with Crippen molar-refractivity contribution in [1.82, 2.24) is 19.1 Å². The van der Waals surface area contributed by atoms with Crippen molar-refractivity contribution in [3.8, 4) is 5.75 Å². The van der Waals surface area contributed by atoms with E-state index in [1.54, 1.807) is 21.3 Å². The first-order chi connectivity index (χ1) is 19.2. The quantitative estimate of drug-likeness (QED) is 0.267. The zero-order chi connectivity index (χ0) is 28.4. The number of hydrogen-bond acceptors (Lipinski definition) is 7. The molecule has 1 amide bonds. The van der Waals surface area contributed by atoms with Gasteiger partial charge in [0.05, 0.1) is 28.4 Å². The number of carbonyl (C=O) groups is 1. The minimum atomic E-state index is -3.61. The number of aryl methyl sites for hydroxylation is 2. The number of thiazole rings is 1. The maximum absolute atomic E-state index is 13.9. The van der Waals surface area contributed by atoms with Crippen molar-refractivity contribution in [2.24, 2.45) is 5.92 Å². The van der Waals surface area contributed by atoms with E-state index in [2.05, 4.69) is 12.0 Å². The molecule has 0 saturated carbocycles. The lowest BCUT2D eigenvalue weighted by molar-refractivity contribution is 0.0985. The second-order valence-corrected chi connectivity index (χ2v) is 13.2. The van der Waals surface area contributed by atoms with Crippen molar-refractivity contribution in [3.63, 3.8) is 0 Å². The van der Waals surface area contributed by atoms with Gasteiger partial charge in [-0.1, -0.05) is 24.3 Å². The van der Waals surface area contributed by atoms with Crippen molar-refractivity contribution >= 4 is 42.6 Å². The van der Waals surface area contributed by atoms with Crippen LogP contribution in [0.4, 0.5) is 5.13 Å². The Balaban J connectivity index is 1.45. The fraction of sp³-hybridized carbons (Fsp3) is 0.414. The summed E-state index contributed by atoms with van der Waals surface area (Å²) in [6.45, 7) is 10.3. The molecule has 212 valence electrons. The molecule has 2 aromatic carbocycles. The molecule has 1 fully saturated rings. The Hall–Kier alpha value is -3.28. The second-order valence-electron chi connectivity index (χ2n) is 10.3. The topological polar surface area (TPSA) is 97.6 Å². The predicted octanol–water partition coefficient (Wildman–Crippen LogP) is 5.28. The highest BCUT2D eigenvalue weighted by Gasteiger charge is 2.29. The predicted molar refractivity (Wildman–Crippen MR) is 158 cm³/mol. The van der Waals surface area contributed by atoms with Crippen molar-refractivity contribution in [3.05, 3.63) is 65.5 Å². The van der Waals surface area contributed by atoms with Crippen LogP contribution in [-0.4, -0.2) is 59.6 Å². The fourth-order valence-electron chi connectivity index (χ4n) is 5.12. The number of fused-ring (bicyclic) bond motifs is 1. The molecule has 1 aliphatic heterocycles. The Labute approximate surface area is 239 Å². The van der Waals surface area contributed by atoms with Crippen LogP contribution >= 0.6 is 11.3 Å². The van der Waals surface area contributed by atoms with Gasteiger partial charge in [0.1, 0.15) is 11.3 Å². The third kappa shape index (κ3) is 5.77. The minimum absolute atomic E-state index is 0.202. The van der Waals surface area contributed by atoms with Crippen LogP contribution in [0.3, 0.4) is 0 Å². The molecular formula is C29H35N5O4S2. The Morgan fingerprint density at radius 1 is 1.18 bits per heavy atom. The van der Waals surface area contributed by atoms with Crippen LogP contribution in [0.1, 0.15) is 48.4 Å². The monoisotopic (exact) mass is 581 g/mol. The van der Waals surface area contributed by atoms with Gasteiger partial charge in [-0.25, -0.2) is 13.4 Å². The van der Waals surface area contributed by atoms with Crippen molar-refractivity contribution < 1.29 is 17.9 Å². The smallest absolute Gasteiger partial charge is 0.260 e. The van der Waals surface area contributed by atoms with Gasteiger partial charge in [0.2, 0.25) is 10.0 Å². The number of para-hydroxylation sites is 1. The normalized spacial score (nSPS) is 16.4. The molecule has 1 unspecified atom stereocenters. The summed E-state index contributed by atoms with van der Waals surface area (Å²) in [6.07, 6.45) is 1.89. The maximum Gasteiger partial charge on any atom is 0.260 e. The highest BCUT2D eigenvalue weighted by molar-refractivity contribution is 7.89. The van der Waals surface area contributed by atoms with Crippen molar-refractivity contribution in [2.75, 3.05) is 31.1 Å². The van der Waals surface area contributed by atoms with Gasteiger partial charge in [-0.05, 0) is 82.0 Å². The fourth-order valence-corrected chi connectivity index (χ4v) is 7.72. The van der Waals surface area contributed by atoms with Crippen LogP contribution in [0, 0.1) is 19.8 Å². The van der Waals surface area contributed by atoms with E-state index in [9.17, 15) is 13.2 Å². The van der Waals surface area contributed by atoms with Crippen LogP contribution < -0.4 is 9.64 Å². The highest BCUT2D eigenvalue weighted by Crippen LogP contribution is 2.35. The Morgan fingerprint density at radius 2 is 1.95 bits per heavy atom. The number of aromatic nitrogens is 3. The third-order valence-electron chi connectivity index (χ3n) is 7.14. The third-order valence-corrected chi connectivity index (χ3v) is 10.1. The number of carbonyl (C=O) groups excluding carboxylic acids is 1. The van der Waals surface area contributed by atoms with Gasteiger partial charge in [0, 0.05) is 30.9 Å². The summed E-state index contributed by atoms with van der Waals surface area (Å²) in [5.41, 5.74) is 3.03. The number of hydrogen-bond donors (Lipinski definition) is 0. The molecule has 1 atom stereocenters. The molecule has 0 radical (unpaired) electrons. The Bertz CT molecular complexity index is 1610. The Morgan fingerprint density at radius 3 is 2.62 bits per heavy atom. The zero-order valence-corrected chi connectivity index (χ0v) is 25.0. The summed E-state index contributed by atoms with van der Waals surface area (Å²) in [7, 11) is -3.61. The Kier molecular flexibility index (Phi) is 8.25. The van der Waals surface area contributed by atoms with E-state index in [-0.39, 0.29) is 10.8 Å². The lowest BCUT2D eigenvalue weighted by Gasteiger charge is -2.30. The molecular weight excluding hydrogens is 546 g/mol. The van der Waals surface area contributed by atoms with Crippen molar-refractivity contribution in [2.45, 2.75) is 52.0 Å². The van der Waals surface area contributed by atoms with Gasteiger partial charge in [0.15, 0.2) is 5.13 Å². The van der Waals surface area contributed by atoms with Gasteiger partial charge in [0.25, 0.3) is 5.91 Å². The standard InChI is InChI=1S/C29H35N5O4S2/c1-5-38-25-9-6-10-26-27(25)30-29(39-26)33(16-17-34-22(4)18-21(3)31-34)28(35)23-11-13-24(14-12-23)40(36,37)32-15-7-8-20(2)19-32/h6,9-14,18,20H,5,7-8,15-17,19H2,1-4H3. The van der Waals surface area contributed by atoms with E-state index in [4.69, 9.17) is 9.72 Å².